The van der Waals surface area contributed by atoms with Gasteiger partial charge in [-0.15, -0.1) is 0 Å². The van der Waals surface area contributed by atoms with Gasteiger partial charge in [-0.2, -0.15) is 0 Å². The standard InChI is InChI=1S/C15H22N2O4/c1-10(2)20-13-6-12(17(18)19)7-14(8-13)21-15-9-16-5-4-11(15)3/h6-8,10-11,15-16H,4-5,9H2,1-3H3. The number of nitrogens with zero attached hydrogens (tertiary/aromatic N) is 1. The van der Waals surface area contributed by atoms with Crippen LogP contribution in [0.5, 0.6) is 11.5 Å². The molecule has 1 aromatic rings. The molecule has 1 saturated heterocycles. The lowest BCUT2D eigenvalue weighted by atomic mass is 9.97. The number of non-ortho nitro benzene ring substituents is 1. The molecule has 6 heteroatoms. The molecular weight excluding hydrogens is 272 g/mol. The van der Waals surface area contributed by atoms with E-state index < -0.39 is 4.92 Å². The van der Waals surface area contributed by atoms with Crippen molar-refractivity contribution in [2.24, 2.45) is 5.92 Å². The Morgan fingerprint density at radius 3 is 2.67 bits per heavy atom. The second-order valence-electron chi connectivity index (χ2n) is 5.71. The Morgan fingerprint density at radius 1 is 1.33 bits per heavy atom. The maximum atomic E-state index is 11.0. The van der Waals surface area contributed by atoms with E-state index in [0.717, 1.165) is 19.5 Å². The van der Waals surface area contributed by atoms with E-state index in [1.807, 2.05) is 13.8 Å². The SMILES string of the molecule is CC(C)Oc1cc(OC2CNCCC2C)cc([N+](=O)[O-])c1. The van der Waals surface area contributed by atoms with Crippen molar-refractivity contribution >= 4 is 5.69 Å². The smallest absolute Gasteiger partial charge is 0.276 e. The summed E-state index contributed by atoms with van der Waals surface area (Å²) >= 11 is 0. The zero-order valence-electron chi connectivity index (χ0n) is 12.7. The molecule has 0 bridgehead atoms. The fourth-order valence-electron chi connectivity index (χ4n) is 2.36. The Hall–Kier alpha value is -1.82. The highest BCUT2D eigenvalue weighted by Crippen LogP contribution is 2.30. The van der Waals surface area contributed by atoms with E-state index in [1.165, 1.54) is 12.1 Å². The number of piperidine rings is 1. The number of nitrogens with one attached hydrogen (secondary N) is 1. The molecule has 1 aliphatic heterocycles. The van der Waals surface area contributed by atoms with Crippen LogP contribution >= 0.6 is 0 Å². The van der Waals surface area contributed by atoms with E-state index in [2.05, 4.69) is 12.2 Å². The molecule has 1 fully saturated rings. The summed E-state index contributed by atoms with van der Waals surface area (Å²) < 4.78 is 11.5. The Bertz CT molecular complexity index is 504. The summed E-state index contributed by atoms with van der Waals surface area (Å²) in [6.07, 6.45) is 1.01. The van der Waals surface area contributed by atoms with Crippen molar-refractivity contribution in [3.8, 4) is 11.5 Å². The fraction of sp³-hybridized carbons (Fsp3) is 0.600. The van der Waals surface area contributed by atoms with E-state index in [1.54, 1.807) is 6.07 Å². The zero-order valence-corrected chi connectivity index (χ0v) is 12.7. The van der Waals surface area contributed by atoms with Crippen LogP contribution in [0.1, 0.15) is 27.2 Å². The minimum absolute atomic E-state index is 0.0143. The van der Waals surface area contributed by atoms with Crippen LogP contribution in [-0.4, -0.2) is 30.2 Å². The molecule has 0 radical (unpaired) electrons. The Kier molecular flexibility index (Phi) is 5.01. The average molecular weight is 294 g/mol. The van der Waals surface area contributed by atoms with Crippen molar-refractivity contribution in [2.75, 3.05) is 13.1 Å². The second-order valence-corrected chi connectivity index (χ2v) is 5.71. The predicted molar refractivity (Wildman–Crippen MR) is 79.9 cm³/mol. The Morgan fingerprint density at radius 2 is 2.05 bits per heavy atom. The molecule has 2 atom stereocenters. The number of nitro groups is 1. The lowest BCUT2D eigenvalue weighted by molar-refractivity contribution is -0.385. The summed E-state index contributed by atoms with van der Waals surface area (Å²) in [7, 11) is 0. The van der Waals surface area contributed by atoms with Gasteiger partial charge in [0.2, 0.25) is 0 Å². The normalized spacial score (nSPS) is 22.1. The van der Waals surface area contributed by atoms with Crippen LogP contribution in [0.15, 0.2) is 18.2 Å². The van der Waals surface area contributed by atoms with Crippen molar-refractivity contribution < 1.29 is 14.4 Å². The number of hydrogen-bond donors (Lipinski definition) is 1. The number of ether oxygens (including phenoxy) is 2. The lowest BCUT2D eigenvalue weighted by Crippen LogP contribution is -2.42. The van der Waals surface area contributed by atoms with Gasteiger partial charge in [0.25, 0.3) is 5.69 Å². The number of benzene rings is 1. The van der Waals surface area contributed by atoms with Crippen LogP contribution in [0.3, 0.4) is 0 Å². The molecule has 0 spiro atoms. The number of rotatable bonds is 5. The lowest BCUT2D eigenvalue weighted by Gasteiger charge is -2.30. The summed E-state index contributed by atoms with van der Waals surface area (Å²) in [6.45, 7) is 7.63. The van der Waals surface area contributed by atoms with E-state index in [4.69, 9.17) is 9.47 Å². The van der Waals surface area contributed by atoms with Crippen LogP contribution in [0.4, 0.5) is 5.69 Å². The van der Waals surface area contributed by atoms with Crippen LogP contribution in [0, 0.1) is 16.0 Å². The maximum absolute atomic E-state index is 11.0. The zero-order chi connectivity index (χ0) is 15.4. The highest BCUT2D eigenvalue weighted by molar-refractivity contribution is 5.46. The van der Waals surface area contributed by atoms with E-state index >= 15 is 0 Å². The molecule has 0 aromatic heterocycles. The average Bonchev–Trinajstić information content (AvgIpc) is 2.40. The molecule has 1 aromatic carbocycles. The fourth-order valence-corrected chi connectivity index (χ4v) is 2.36. The molecule has 0 saturated carbocycles. The van der Waals surface area contributed by atoms with Crippen LogP contribution in [0.2, 0.25) is 0 Å². The first-order chi connectivity index (χ1) is 9.95. The van der Waals surface area contributed by atoms with Gasteiger partial charge in [0, 0.05) is 12.6 Å². The van der Waals surface area contributed by atoms with Crippen molar-refractivity contribution in [1.82, 2.24) is 5.32 Å². The van der Waals surface area contributed by atoms with Gasteiger partial charge in [-0.05, 0) is 32.7 Å². The molecule has 1 N–H and O–H groups in total. The van der Waals surface area contributed by atoms with Gasteiger partial charge in [0.1, 0.15) is 17.6 Å². The minimum Gasteiger partial charge on any atom is -0.491 e. The van der Waals surface area contributed by atoms with E-state index in [-0.39, 0.29) is 17.9 Å². The van der Waals surface area contributed by atoms with Gasteiger partial charge < -0.3 is 14.8 Å². The largest absolute Gasteiger partial charge is 0.491 e. The quantitative estimate of drug-likeness (QED) is 0.667. The van der Waals surface area contributed by atoms with Crippen LogP contribution in [-0.2, 0) is 0 Å². The molecule has 0 amide bonds. The summed E-state index contributed by atoms with van der Waals surface area (Å²) in [5.41, 5.74) is -0.0143. The van der Waals surface area contributed by atoms with E-state index in [9.17, 15) is 10.1 Å². The van der Waals surface area contributed by atoms with Crippen LogP contribution in [0.25, 0.3) is 0 Å². The van der Waals surface area contributed by atoms with Crippen molar-refractivity contribution in [3.63, 3.8) is 0 Å². The monoisotopic (exact) mass is 294 g/mol. The number of hydrogen-bond acceptors (Lipinski definition) is 5. The van der Waals surface area contributed by atoms with Crippen molar-refractivity contribution in [2.45, 2.75) is 39.4 Å². The molecule has 0 aliphatic carbocycles. The summed E-state index contributed by atoms with van der Waals surface area (Å²) in [6, 6.07) is 4.60. The first kappa shape index (κ1) is 15.6. The Balaban J connectivity index is 2.20. The molecule has 2 unspecified atom stereocenters. The third-order valence-corrected chi connectivity index (χ3v) is 3.49. The predicted octanol–water partition coefficient (Wildman–Crippen LogP) is 2.76. The van der Waals surface area contributed by atoms with Gasteiger partial charge >= 0.3 is 0 Å². The highest BCUT2D eigenvalue weighted by Gasteiger charge is 2.23. The summed E-state index contributed by atoms with van der Waals surface area (Å²) in [4.78, 5) is 10.6. The Labute approximate surface area is 124 Å². The van der Waals surface area contributed by atoms with Crippen molar-refractivity contribution in [1.29, 1.82) is 0 Å². The van der Waals surface area contributed by atoms with Gasteiger partial charge in [-0.1, -0.05) is 6.92 Å². The number of nitro benzene ring substituents is 1. The topological polar surface area (TPSA) is 73.6 Å². The van der Waals surface area contributed by atoms with Gasteiger partial charge in [-0.25, -0.2) is 0 Å². The summed E-state index contributed by atoms with van der Waals surface area (Å²) in [5.74, 6) is 1.37. The molecule has 2 rings (SSSR count). The molecule has 1 aliphatic rings. The third-order valence-electron chi connectivity index (χ3n) is 3.49. The highest BCUT2D eigenvalue weighted by atomic mass is 16.6. The summed E-state index contributed by atoms with van der Waals surface area (Å²) in [5, 5.41) is 14.3. The first-order valence-corrected chi connectivity index (χ1v) is 7.29. The molecule has 1 heterocycles. The molecule has 116 valence electrons. The third kappa shape index (κ3) is 4.32. The van der Waals surface area contributed by atoms with Gasteiger partial charge in [-0.3, -0.25) is 10.1 Å². The minimum atomic E-state index is -0.428. The van der Waals surface area contributed by atoms with E-state index in [0.29, 0.717) is 17.4 Å². The second kappa shape index (κ2) is 6.76. The van der Waals surface area contributed by atoms with Gasteiger partial charge in [0.05, 0.1) is 23.2 Å². The maximum Gasteiger partial charge on any atom is 0.276 e. The van der Waals surface area contributed by atoms with Gasteiger partial charge in [0.15, 0.2) is 0 Å². The van der Waals surface area contributed by atoms with Crippen LogP contribution < -0.4 is 14.8 Å². The molecule has 21 heavy (non-hydrogen) atoms. The first-order valence-electron chi connectivity index (χ1n) is 7.29. The molecular formula is C15H22N2O4. The molecule has 6 nitrogen and oxygen atoms in total. The van der Waals surface area contributed by atoms with Crippen molar-refractivity contribution in [3.05, 3.63) is 28.3 Å².